The molecule has 0 bridgehead atoms. The number of benzene rings is 4. The molecule has 0 spiro atoms. The van der Waals surface area contributed by atoms with Gasteiger partial charge in [-0.15, -0.1) is 0 Å². The molecule has 0 saturated carbocycles. The third kappa shape index (κ3) is 6.16. The quantitative estimate of drug-likeness (QED) is 0.146. The number of halogens is 6. The third-order valence-electron chi connectivity index (χ3n) is 6.78. The molecule has 0 amide bonds. The lowest BCUT2D eigenvalue weighted by Crippen LogP contribution is -2.23. The molecule has 0 unspecified atom stereocenters. The van der Waals surface area contributed by atoms with Gasteiger partial charge in [0.2, 0.25) is 0 Å². The van der Waals surface area contributed by atoms with E-state index in [1.54, 1.807) is 60.7 Å². The lowest BCUT2D eigenvalue weighted by Gasteiger charge is -2.24. The molecule has 0 atom stereocenters. The first kappa shape index (κ1) is 29.6. The zero-order valence-corrected chi connectivity index (χ0v) is 22.6. The van der Waals surface area contributed by atoms with Gasteiger partial charge >= 0.3 is 18.3 Å². The molecule has 4 aromatic carbocycles. The second-order valence-electron chi connectivity index (χ2n) is 9.54. The Labute approximate surface area is 243 Å². The highest BCUT2D eigenvalue weighted by atomic mass is 19.4. The van der Waals surface area contributed by atoms with Gasteiger partial charge in [-0.2, -0.15) is 26.3 Å². The van der Waals surface area contributed by atoms with Crippen molar-refractivity contribution in [1.29, 1.82) is 0 Å². The van der Waals surface area contributed by atoms with Crippen LogP contribution in [0.3, 0.4) is 0 Å². The number of aromatic nitrogens is 1. The summed E-state index contributed by atoms with van der Waals surface area (Å²) >= 11 is 0. The number of hydrogen-bond donors (Lipinski definition) is 0. The number of esters is 1. The minimum atomic E-state index is -5.26. The van der Waals surface area contributed by atoms with Crippen molar-refractivity contribution >= 4 is 5.97 Å². The van der Waals surface area contributed by atoms with E-state index in [1.807, 2.05) is 0 Å². The monoisotopic (exact) mass is 591 g/mol. The maximum atomic E-state index is 14.8. The molecule has 1 aromatic heterocycles. The number of carbonyl (C=O) groups excluding carboxylic acids is 1. The van der Waals surface area contributed by atoms with Crippen molar-refractivity contribution in [2.45, 2.75) is 19.3 Å². The van der Waals surface area contributed by atoms with Crippen molar-refractivity contribution in [2.75, 3.05) is 6.61 Å². The van der Waals surface area contributed by atoms with Crippen LogP contribution in [-0.4, -0.2) is 17.6 Å². The number of carbonyl (C=O) groups is 1. The molecule has 0 aliphatic carbocycles. The predicted molar refractivity (Wildman–Crippen MR) is 152 cm³/mol. The first-order valence-electron chi connectivity index (χ1n) is 13.2. The van der Waals surface area contributed by atoms with Gasteiger partial charge in [0, 0.05) is 11.1 Å². The van der Waals surface area contributed by atoms with Gasteiger partial charge in [-0.25, -0.2) is 9.78 Å². The van der Waals surface area contributed by atoms with E-state index in [2.05, 4.69) is 4.98 Å². The smallest absolute Gasteiger partial charge is 0.434 e. The molecule has 0 aliphatic heterocycles. The number of alkyl halides is 6. The summed E-state index contributed by atoms with van der Waals surface area (Å²) in [7, 11) is 0. The molecule has 1 heterocycles. The van der Waals surface area contributed by atoms with E-state index >= 15 is 0 Å². The van der Waals surface area contributed by atoms with Gasteiger partial charge in [0.15, 0.2) is 11.4 Å². The molecular formula is C34H23F6NO2. The molecule has 0 radical (unpaired) electrons. The highest BCUT2D eigenvalue weighted by Crippen LogP contribution is 2.49. The summed E-state index contributed by atoms with van der Waals surface area (Å²) in [5, 5.41) is 0. The van der Waals surface area contributed by atoms with Crippen molar-refractivity contribution in [2.24, 2.45) is 0 Å². The lowest BCUT2D eigenvalue weighted by atomic mass is 9.86. The Balaban J connectivity index is 1.84. The maximum Gasteiger partial charge on any atom is 0.434 e. The van der Waals surface area contributed by atoms with E-state index in [4.69, 9.17) is 4.74 Å². The van der Waals surface area contributed by atoms with Crippen LogP contribution in [0.1, 0.15) is 28.7 Å². The van der Waals surface area contributed by atoms with Gasteiger partial charge < -0.3 is 4.74 Å². The number of hydrogen-bond acceptors (Lipinski definition) is 3. The Morgan fingerprint density at radius 2 is 0.977 bits per heavy atom. The predicted octanol–water partition coefficient (Wildman–Crippen LogP) is 9.96. The minimum absolute atomic E-state index is 0.150. The highest BCUT2D eigenvalue weighted by Gasteiger charge is 2.46. The second-order valence-corrected chi connectivity index (χ2v) is 9.54. The van der Waals surface area contributed by atoms with Crippen LogP contribution >= 0.6 is 0 Å². The lowest BCUT2D eigenvalue weighted by molar-refractivity contribution is -0.144. The topological polar surface area (TPSA) is 39.2 Å². The summed E-state index contributed by atoms with van der Waals surface area (Å²) in [4.78, 5) is 16.0. The summed E-state index contributed by atoms with van der Waals surface area (Å²) in [5.74, 6) is -1.60. The Kier molecular flexibility index (Phi) is 8.08. The summed E-state index contributed by atoms with van der Waals surface area (Å²) in [6.07, 6.45) is -10.5. The first-order chi connectivity index (χ1) is 20.5. The fraction of sp³-hybridized carbons (Fsp3) is 0.118. The van der Waals surface area contributed by atoms with E-state index in [1.165, 1.54) is 55.5 Å². The van der Waals surface area contributed by atoms with Crippen LogP contribution in [0.25, 0.3) is 44.5 Å². The Morgan fingerprint density at radius 3 is 1.37 bits per heavy atom. The fourth-order valence-corrected chi connectivity index (χ4v) is 4.90. The van der Waals surface area contributed by atoms with E-state index in [9.17, 15) is 31.1 Å². The molecule has 43 heavy (non-hydrogen) atoms. The molecular weight excluding hydrogens is 568 g/mol. The van der Waals surface area contributed by atoms with Crippen LogP contribution < -0.4 is 0 Å². The fourth-order valence-electron chi connectivity index (χ4n) is 4.90. The number of rotatable bonds is 6. The SMILES string of the molecule is CCOC(=O)c1nc(C(F)(F)F)c(-c2ccc(-c3ccccc3)cc2)c(-c2ccc(-c3ccccc3)cc2)c1C(F)(F)F. The van der Waals surface area contributed by atoms with Gasteiger partial charge in [-0.05, 0) is 40.3 Å². The average Bonchev–Trinajstić information content (AvgIpc) is 3.00. The van der Waals surface area contributed by atoms with Crippen molar-refractivity contribution < 1.29 is 35.9 Å². The molecule has 5 rings (SSSR count). The Bertz CT molecular complexity index is 1730. The number of pyridine rings is 1. The van der Waals surface area contributed by atoms with E-state index in [0.717, 1.165) is 11.1 Å². The van der Waals surface area contributed by atoms with E-state index < -0.39 is 46.4 Å². The van der Waals surface area contributed by atoms with Gasteiger partial charge in [0.05, 0.1) is 12.2 Å². The average molecular weight is 592 g/mol. The third-order valence-corrected chi connectivity index (χ3v) is 6.78. The molecule has 0 saturated heterocycles. The Hall–Kier alpha value is -4.92. The van der Waals surface area contributed by atoms with Crippen LogP contribution in [0, 0.1) is 0 Å². The van der Waals surface area contributed by atoms with Crippen LogP contribution in [-0.2, 0) is 17.1 Å². The van der Waals surface area contributed by atoms with Gasteiger partial charge in [-0.3, -0.25) is 0 Å². The summed E-state index contributed by atoms with van der Waals surface area (Å²) < 4.78 is 93.1. The molecule has 0 N–H and O–H groups in total. The van der Waals surface area contributed by atoms with Crippen LogP contribution in [0.4, 0.5) is 26.3 Å². The van der Waals surface area contributed by atoms with Crippen LogP contribution in [0.5, 0.6) is 0 Å². The molecule has 9 heteroatoms. The molecule has 218 valence electrons. The van der Waals surface area contributed by atoms with Gasteiger partial charge in [-0.1, -0.05) is 109 Å². The minimum Gasteiger partial charge on any atom is -0.461 e. The van der Waals surface area contributed by atoms with Crippen molar-refractivity contribution in [3.8, 4) is 44.5 Å². The van der Waals surface area contributed by atoms with Crippen molar-refractivity contribution in [1.82, 2.24) is 4.98 Å². The summed E-state index contributed by atoms with van der Waals surface area (Å²) in [6, 6.07) is 29.3. The zero-order chi connectivity index (χ0) is 30.8. The summed E-state index contributed by atoms with van der Waals surface area (Å²) in [5.41, 5.74) is -3.78. The molecule has 0 aliphatic rings. The highest BCUT2D eigenvalue weighted by molar-refractivity contribution is 5.97. The normalized spacial score (nSPS) is 11.8. The second kappa shape index (κ2) is 11.8. The number of ether oxygens (including phenoxy) is 1. The zero-order valence-electron chi connectivity index (χ0n) is 22.6. The van der Waals surface area contributed by atoms with Crippen LogP contribution in [0.2, 0.25) is 0 Å². The van der Waals surface area contributed by atoms with Crippen LogP contribution in [0.15, 0.2) is 109 Å². The van der Waals surface area contributed by atoms with E-state index in [0.29, 0.717) is 11.1 Å². The van der Waals surface area contributed by atoms with Crippen molar-refractivity contribution in [3.63, 3.8) is 0 Å². The standard InChI is InChI=1S/C34H23F6NO2/c1-2-43-32(42)30-29(33(35,36)37)27(25-17-13-23(14-18-25)21-9-5-3-6-10-21)28(31(41-30)34(38,39)40)26-19-15-24(16-20-26)22-11-7-4-8-12-22/h3-20H,2H2,1H3. The molecule has 5 aromatic rings. The summed E-state index contributed by atoms with van der Waals surface area (Å²) in [6.45, 7) is 0.977. The number of nitrogens with zero attached hydrogens (tertiary/aromatic N) is 1. The first-order valence-corrected chi connectivity index (χ1v) is 13.2. The Morgan fingerprint density at radius 1 is 0.581 bits per heavy atom. The van der Waals surface area contributed by atoms with E-state index in [-0.39, 0.29) is 17.7 Å². The molecule has 0 fully saturated rings. The maximum absolute atomic E-state index is 14.8. The molecule has 3 nitrogen and oxygen atoms in total. The van der Waals surface area contributed by atoms with Crippen molar-refractivity contribution in [3.05, 3.63) is 126 Å². The van der Waals surface area contributed by atoms with Gasteiger partial charge in [0.25, 0.3) is 0 Å². The van der Waals surface area contributed by atoms with Gasteiger partial charge in [0.1, 0.15) is 0 Å². The largest absolute Gasteiger partial charge is 0.461 e.